The second-order valence-corrected chi connectivity index (χ2v) is 5.59. The maximum Gasteiger partial charge on any atom is 0.332 e. The van der Waals surface area contributed by atoms with Gasteiger partial charge in [-0.15, -0.1) is 0 Å². The summed E-state index contributed by atoms with van der Waals surface area (Å²) in [6.45, 7) is 0. The van der Waals surface area contributed by atoms with Crippen molar-refractivity contribution in [3.8, 4) is 0 Å². The molecule has 4 rings (SSSR count). The van der Waals surface area contributed by atoms with Gasteiger partial charge in [0.25, 0.3) is 0 Å². The summed E-state index contributed by atoms with van der Waals surface area (Å²) >= 11 is 0. The topological polar surface area (TPSA) is 64.3 Å². The van der Waals surface area contributed by atoms with Gasteiger partial charge in [0.2, 0.25) is 0 Å². The van der Waals surface area contributed by atoms with E-state index in [0.717, 1.165) is 23.3 Å². The van der Waals surface area contributed by atoms with Gasteiger partial charge in [0.05, 0.1) is 11.0 Å². The second-order valence-electron chi connectivity index (χ2n) is 5.59. The molecule has 2 unspecified atom stereocenters. The molecule has 1 saturated carbocycles. The van der Waals surface area contributed by atoms with Crippen molar-refractivity contribution in [1.29, 1.82) is 0 Å². The molecule has 2 heterocycles. The zero-order chi connectivity index (χ0) is 13.7. The first kappa shape index (κ1) is 11.9. The number of carbonyl (C=O) groups is 1. The van der Waals surface area contributed by atoms with Crippen molar-refractivity contribution < 1.29 is 14.6 Å². The predicted molar refractivity (Wildman–Crippen MR) is 72.5 cm³/mol. The Morgan fingerprint density at radius 3 is 2.75 bits per heavy atom. The molecular weight excluding hydrogens is 256 g/mol. The lowest BCUT2D eigenvalue weighted by Crippen LogP contribution is -2.19. The first-order chi connectivity index (χ1) is 9.74. The van der Waals surface area contributed by atoms with E-state index in [0.29, 0.717) is 12.5 Å². The highest BCUT2D eigenvalue weighted by Crippen LogP contribution is 2.42. The third-order valence-corrected chi connectivity index (χ3v) is 4.12. The Morgan fingerprint density at radius 2 is 2.05 bits per heavy atom. The fourth-order valence-corrected chi connectivity index (χ4v) is 3.02. The van der Waals surface area contributed by atoms with Crippen LogP contribution in [-0.2, 0) is 9.53 Å². The third-order valence-electron chi connectivity index (χ3n) is 4.12. The first-order valence-corrected chi connectivity index (χ1v) is 7.09. The molecule has 1 aliphatic heterocycles. The van der Waals surface area contributed by atoms with Crippen LogP contribution in [0.4, 0.5) is 0 Å². The van der Waals surface area contributed by atoms with Gasteiger partial charge in [0.15, 0.2) is 6.10 Å². The molecule has 2 fully saturated rings. The van der Waals surface area contributed by atoms with Crippen molar-refractivity contribution >= 4 is 17.0 Å². The zero-order valence-electron chi connectivity index (χ0n) is 11.0. The van der Waals surface area contributed by atoms with Crippen LogP contribution >= 0.6 is 0 Å². The van der Waals surface area contributed by atoms with Crippen molar-refractivity contribution in [3.05, 3.63) is 30.1 Å². The lowest BCUT2D eigenvalue weighted by atomic mass is 10.2. The second kappa shape index (κ2) is 4.31. The van der Waals surface area contributed by atoms with Gasteiger partial charge in [-0.1, -0.05) is 12.1 Å². The van der Waals surface area contributed by atoms with E-state index in [2.05, 4.69) is 10.6 Å². The summed E-state index contributed by atoms with van der Waals surface area (Å²) in [6.07, 6.45) is 2.75. The van der Waals surface area contributed by atoms with Gasteiger partial charge in [0.1, 0.15) is 11.9 Å². The van der Waals surface area contributed by atoms with E-state index >= 15 is 0 Å². The quantitative estimate of drug-likeness (QED) is 0.933. The van der Waals surface area contributed by atoms with Crippen LogP contribution in [0, 0.1) is 0 Å². The number of carboxylic acids is 1. The van der Waals surface area contributed by atoms with Gasteiger partial charge in [-0.3, -0.25) is 0 Å². The third kappa shape index (κ3) is 1.81. The van der Waals surface area contributed by atoms with E-state index in [1.54, 1.807) is 0 Å². The number of para-hydroxylation sites is 2. The number of fused-ring (bicyclic) bond motifs is 1. The fraction of sp³-hybridized carbons (Fsp3) is 0.467. The minimum absolute atomic E-state index is 0.191. The maximum atomic E-state index is 11.0. The minimum atomic E-state index is -0.874. The number of rotatable bonds is 3. The number of imidazole rings is 1. The van der Waals surface area contributed by atoms with Gasteiger partial charge in [-0.2, -0.15) is 0 Å². The summed E-state index contributed by atoms with van der Waals surface area (Å²) in [5, 5.41) is 9.06. The summed E-state index contributed by atoms with van der Waals surface area (Å²) in [7, 11) is 0. The molecule has 2 aromatic rings. The Kier molecular flexibility index (Phi) is 2.57. The standard InChI is InChI=1S/C15H16N2O3/c18-15(19)13-8-7-12(20-13)14-16-10-3-1-2-4-11(10)17(14)9-5-6-9/h1-4,9,12-13H,5-8H2,(H,18,19). The van der Waals surface area contributed by atoms with E-state index < -0.39 is 12.1 Å². The number of carboxylic acid groups (broad SMARTS) is 1. The van der Waals surface area contributed by atoms with E-state index in [1.165, 1.54) is 12.8 Å². The smallest absolute Gasteiger partial charge is 0.332 e. The SMILES string of the molecule is O=C(O)C1CCC(c2nc3ccccc3n2C2CC2)O1. The number of nitrogens with zero attached hydrogens (tertiary/aromatic N) is 2. The molecule has 104 valence electrons. The number of benzene rings is 1. The van der Waals surface area contributed by atoms with Crippen LogP contribution in [0.15, 0.2) is 24.3 Å². The summed E-state index contributed by atoms with van der Waals surface area (Å²) in [6, 6.07) is 8.58. The molecule has 0 bridgehead atoms. The normalized spacial score (nSPS) is 26.2. The first-order valence-electron chi connectivity index (χ1n) is 7.09. The summed E-state index contributed by atoms with van der Waals surface area (Å²) in [5.41, 5.74) is 2.10. The lowest BCUT2D eigenvalue weighted by Gasteiger charge is -2.13. The number of ether oxygens (including phenoxy) is 1. The number of hydrogen-bond donors (Lipinski definition) is 1. The molecule has 1 aromatic heterocycles. The van der Waals surface area contributed by atoms with Gasteiger partial charge >= 0.3 is 5.97 Å². The van der Waals surface area contributed by atoms with Crippen LogP contribution in [0.2, 0.25) is 0 Å². The van der Waals surface area contributed by atoms with E-state index in [4.69, 9.17) is 14.8 Å². The van der Waals surface area contributed by atoms with Crippen LogP contribution in [0.5, 0.6) is 0 Å². The molecule has 5 nitrogen and oxygen atoms in total. The molecule has 1 saturated heterocycles. The number of aromatic nitrogens is 2. The zero-order valence-corrected chi connectivity index (χ0v) is 11.0. The van der Waals surface area contributed by atoms with Gasteiger partial charge in [-0.25, -0.2) is 9.78 Å². The fourth-order valence-electron chi connectivity index (χ4n) is 3.02. The molecule has 2 atom stereocenters. The Hall–Kier alpha value is -1.88. The molecule has 0 spiro atoms. The van der Waals surface area contributed by atoms with Crippen LogP contribution in [0.3, 0.4) is 0 Å². The highest BCUT2D eigenvalue weighted by atomic mass is 16.5. The van der Waals surface area contributed by atoms with Gasteiger partial charge in [-0.05, 0) is 37.8 Å². The Balaban J connectivity index is 1.76. The molecule has 1 aromatic carbocycles. The van der Waals surface area contributed by atoms with Crippen molar-refractivity contribution in [2.24, 2.45) is 0 Å². The average Bonchev–Trinajstić information content (AvgIpc) is 3.04. The molecular formula is C15H16N2O3. The average molecular weight is 272 g/mol. The van der Waals surface area contributed by atoms with Crippen molar-refractivity contribution in [1.82, 2.24) is 9.55 Å². The lowest BCUT2D eigenvalue weighted by molar-refractivity contribution is -0.149. The highest BCUT2D eigenvalue weighted by molar-refractivity contribution is 5.76. The largest absolute Gasteiger partial charge is 0.479 e. The summed E-state index contributed by atoms with van der Waals surface area (Å²) in [5.74, 6) is 0.0269. The number of aliphatic carboxylic acids is 1. The molecule has 1 N–H and O–H groups in total. The van der Waals surface area contributed by atoms with E-state index in [1.807, 2.05) is 18.2 Å². The van der Waals surface area contributed by atoms with E-state index in [-0.39, 0.29) is 6.10 Å². The Morgan fingerprint density at radius 1 is 1.25 bits per heavy atom. The Labute approximate surface area is 116 Å². The molecule has 5 heteroatoms. The minimum Gasteiger partial charge on any atom is -0.479 e. The van der Waals surface area contributed by atoms with Gasteiger partial charge in [0, 0.05) is 6.04 Å². The monoisotopic (exact) mass is 272 g/mol. The molecule has 1 aliphatic carbocycles. The van der Waals surface area contributed by atoms with Crippen LogP contribution in [0.1, 0.15) is 43.7 Å². The number of hydrogen-bond acceptors (Lipinski definition) is 3. The maximum absolute atomic E-state index is 11.0. The summed E-state index contributed by atoms with van der Waals surface area (Å²) in [4.78, 5) is 15.7. The van der Waals surface area contributed by atoms with Crippen LogP contribution < -0.4 is 0 Å². The van der Waals surface area contributed by atoms with E-state index in [9.17, 15) is 4.79 Å². The molecule has 0 radical (unpaired) electrons. The molecule has 0 amide bonds. The Bertz CT molecular complexity index is 675. The van der Waals surface area contributed by atoms with Crippen molar-refractivity contribution in [2.45, 2.75) is 43.9 Å². The molecule has 2 aliphatic rings. The van der Waals surface area contributed by atoms with Gasteiger partial charge < -0.3 is 14.4 Å². The predicted octanol–water partition coefficient (Wildman–Crippen LogP) is 2.68. The summed E-state index contributed by atoms with van der Waals surface area (Å²) < 4.78 is 7.93. The molecule has 20 heavy (non-hydrogen) atoms. The van der Waals surface area contributed by atoms with Crippen LogP contribution in [-0.4, -0.2) is 26.7 Å². The van der Waals surface area contributed by atoms with Crippen molar-refractivity contribution in [2.75, 3.05) is 0 Å². The highest BCUT2D eigenvalue weighted by Gasteiger charge is 2.37. The van der Waals surface area contributed by atoms with Crippen molar-refractivity contribution in [3.63, 3.8) is 0 Å². The van der Waals surface area contributed by atoms with Crippen LogP contribution in [0.25, 0.3) is 11.0 Å².